The van der Waals surface area contributed by atoms with Crippen LogP contribution in [0.15, 0.2) is 59.0 Å². The Morgan fingerprint density at radius 1 is 1.18 bits per heavy atom. The molecular formula is C18H14N2O2. The second kappa shape index (κ2) is 5.74. The van der Waals surface area contributed by atoms with Gasteiger partial charge in [0.15, 0.2) is 5.76 Å². The minimum Gasteiger partial charge on any atom is -0.451 e. The van der Waals surface area contributed by atoms with Crippen molar-refractivity contribution in [3.05, 3.63) is 71.5 Å². The quantitative estimate of drug-likeness (QED) is 0.741. The zero-order valence-corrected chi connectivity index (χ0v) is 12.1. The van der Waals surface area contributed by atoms with Crippen LogP contribution < -0.4 is 0 Å². The smallest absolute Gasteiger partial charge is 0.289 e. The zero-order chi connectivity index (χ0) is 15.5. The number of nitrogens with zero attached hydrogens (tertiary/aromatic N) is 2. The molecule has 0 bridgehead atoms. The van der Waals surface area contributed by atoms with Gasteiger partial charge in [-0.25, -0.2) is 0 Å². The van der Waals surface area contributed by atoms with E-state index in [1.165, 1.54) is 0 Å². The van der Waals surface area contributed by atoms with Crippen molar-refractivity contribution >= 4 is 16.9 Å². The van der Waals surface area contributed by atoms with E-state index < -0.39 is 0 Å². The molecule has 0 saturated carbocycles. The molecule has 108 valence electrons. The molecule has 0 atom stereocenters. The number of nitriles is 1. The number of para-hydroxylation sites is 1. The highest BCUT2D eigenvalue weighted by Gasteiger charge is 2.16. The van der Waals surface area contributed by atoms with Crippen LogP contribution in [0.3, 0.4) is 0 Å². The molecule has 0 spiro atoms. The predicted molar refractivity (Wildman–Crippen MR) is 83.2 cm³/mol. The lowest BCUT2D eigenvalue weighted by molar-refractivity contribution is 0.0756. The van der Waals surface area contributed by atoms with Crippen molar-refractivity contribution in [1.82, 2.24) is 4.90 Å². The van der Waals surface area contributed by atoms with E-state index in [4.69, 9.17) is 9.68 Å². The summed E-state index contributed by atoms with van der Waals surface area (Å²) in [6.07, 6.45) is 0. The van der Waals surface area contributed by atoms with Crippen LogP contribution in [-0.2, 0) is 6.54 Å². The summed E-state index contributed by atoms with van der Waals surface area (Å²) in [6.45, 7) is 0.460. The molecule has 0 fully saturated rings. The topological polar surface area (TPSA) is 57.2 Å². The summed E-state index contributed by atoms with van der Waals surface area (Å²) in [6, 6.07) is 18.6. The Morgan fingerprint density at radius 3 is 2.59 bits per heavy atom. The molecule has 0 aliphatic rings. The lowest BCUT2D eigenvalue weighted by Crippen LogP contribution is -2.25. The largest absolute Gasteiger partial charge is 0.451 e. The first-order valence-corrected chi connectivity index (χ1v) is 6.90. The molecule has 1 aromatic heterocycles. The van der Waals surface area contributed by atoms with Gasteiger partial charge in [0.1, 0.15) is 5.58 Å². The van der Waals surface area contributed by atoms with Crippen molar-refractivity contribution in [3.63, 3.8) is 0 Å². The highest BCUT2D eigenvalue weighted by atomic mass is 16.3. The number of benzene rings is 2. The molecule has 22 heavy (non-hydrogen) atoms. The summed E-state index contributed by atoms with van der Waals surface area (Å²) in [5, 5.41) is 9.70. The van der Waals surface area contributed by atoms with Crippen molar-refractivity contribution in [1.29, 1.82) is 5.26 Å². The predicted octanol–water partition coefficient (Wildman–Crippen LogP) is 3.58. The summed E-state index contributed by atoms with van der Waals surface area (Å²) >= 11 is 0. The SMILES string of the molecule is CN(Cc1ccc(C#N)cc1)C(=O)c1cc2ccccc2o1. The van der Waals surface area contributed by atoms with E-state index in [1.807, 2.05) is 36.4 Å². The van der Waals surface area contributed by atoms with Crippen LogP contribution >= 0.6 is 0 Å². The number of carbonyl (C=O) groups is 1. The molecule has 0 aliphatic carbocycles. The second-order valence-corrected chi connectivity index (χ2v) is 5.12. The summed E-state index contributed by atoms with van der Waals surface area (Å²) in [4.78, 5) is 14.0. The Kier molecular flexibility index (Phi) is 3.63. The Balaban J connectivity index is 1.77. The molecule has 4 nitrogen and oxygen atoms in total. The molecule has 0 N–H and O–H groups in total. The Bertz CT molecular complexity index is 824. The van der Waals surface area contributed by atoms with Gasteiger partial charge in [-0.1, -0.05) is 30.3 Å². The lowest BCUT2D eigenvalue weighted by atomic mass is 10.1. The van der Waals surface area contributed by atoms with Gasteiger partial charge < -0.3 is 9.32 Å². The van der Waals surface area contributed by atoms with E-state index in [-0.39, 0.29) is 5.91 Å². The molecule has 3 aromatic rings. The van der Waals surface area contributed by atoms with Gasteiger partial charge in [0, 0.05) is 19.0 Å². The molecule has 0 saturated heterocycles. The third-order valence-corrected chi connectivity index (χ3v) is 3.49. The summed E-state index contributed by atoms with van der Waals surface area (Å²) in [7, 11) is 1.73. The fourth-order valence-electron chi connectivity index (χ4n) is 2.31. The average Bonchev–Trinajstić information content (AvgIpc) is 2.98. The number of hydrogen-bond acceptors (Lipinski definition) is 3. The molecule has 3 rings (SSSR count). The normalized spacial score (nSPS) is 10.4. The maximum atomic E-state index is 12.4. The van der Waals surface area contributed by atoms with Crippen LogP contribution in [0.4, 0.5) is 0 Å². The van der Waals surface area contributed by atoms with Crippen molar-refractivity contribution in [2.75, 3.05) is 7.05 Å². The van der Waals surface area contributed by atoms with Gasteiger partial charge in [-0.2, -0.15) is 5.26 Å². The summed E-state index contributed by atoms with van der Waals surface area (Å²) < 4.78 is 5.59. The van der Waals surface area contributed by atoms with E-state index >= 15 is 0 Å². The van der Waals surface area contributed by atoms with Crippen LogP contribution in [0.5, 0.6) is 0 Å². The van der Waals surface area contributed by atoms with Crippen LogP contribution in [0, 0.1) is 11.3 Å². The van der Waals surface area contributed by atoms with Crippen LogP contribution in [0.1, 0.15) is 21.7 Å². The van der Waals surface area contributed by atoms with Gasteiger partial charge in [0.05, 0.1) is 11.6 Å². The number of carbonyl (C=O) groups excluding carboxylic acids is 1. The Hall–Kier alpha value is -3.06. The van der Waals surface area contributed by atoms with Crippen LogP contribution in [0.2, 0.25) is 0 Å². The molecule has 0 unspecified atom stereocenters. The maximum Gasteiger partial charge on any atom is 0.289 e. The van der Waals surface area contributed by atoms with E-state index in [9.17, 15) is 4.79 Å². The minimum absolute atomic E-state index is 0.166. The van der Waals surface area contributed by atoms with Crippen molar-refractivity contribution < 1.29 is 9.21 Å². The summed E-state index contributed by atoms with van der Waals surface area (Å²) in [5.41, 5.74) is 2.28. The third kappa shape index (κ3) is 2.70. The molecule has 1 amide bonds. The van der Waals surface area contributed by atoms with Crippen molar-refractivity contribution in [3.8, 4) is 6.07 Å². The lowest BCUT2D eigenvalue weighted by Gasteiger charge is -2.15. The van der Waals surface area contributed by atoms with Gasteiger partial charge in [0.25, 0.3) is 5.91 Å². The Morgan fingerprint density at radius 2 is 1.91 bits per heavy atom. The van der Waals surface area contributed by atoms with Crippen LogP contribution in [0.25, 0.3) is 11.0 Å². The van der Waals surface area contributed by atoms with E-state index in [0.29, 0.717) is 23.5 Å². The molecule has 0 aliphatic heterocycles. The van der Waals surface area contributed by atoms with Crippen LogP contribution in [-0.4, -0.2) is 17.9 Å². The van der Waals surface area contributed by atoms with E-state index in [2.05, 4.69) is 6.07 Å². The van der Waals surface area contributed by atoms with E-state index in [1.54, 1.807) is 30.1 Å². The standard InChI is InChI=1S/C18H14N2O2/c1-20(12-14-8-6-13(11-19)7-9-14)18(21)17-10-15-4-2-3-5-16(15)22-17/h2-10H,12H2,1H3. The third-order valence-electron chi connectivity index (χ3n) is 3.49. The number of amides is 1. The number of furan rings is 1. The zero-order valence-electron chi connectivity index (χ0n) is 12.1. The highest BCUT2D eigenvalue weighted by molar-refractivity contribution is 5.95. The molecule has 0 radical (unpaired) electrons. The molecule has 2 aromatic carbocycles. The molecular weight excluding hydrogens is 276 g/mol. The monoisotopic (exact) mass is 290 g/mol. The first-order chi connectivity index (χ1) is 10.7. The average molecular weight is 290 g/mol. The van der Waals surface area contributed by atoms with Crippen molar-refractivity contribution in [2.24, 2.45) is 0 Å². The number of rotatable bonds is 3. The minimum atomic E-state index is -0.166. The number of fused-ring (bicyclic) bond motifs is 1. The Labute approximate surface area is 128 Å². The van der Waals surface area contributed by atoms with Gasteiger partial charge in [0.2, 0.25) is 0 Å². The molecule has 1 heterocycles. The first-order valence-electron chi connectivity index (χ1n) is 6.90. The number of hydrogen-bond donors (Lipinski definition) is 0. The summed E-state index contributed by atoms with van der Waals surface area (Å²) in [5.74, 6) is 0.165. The van der Waals surface area contributed by atoms with Gasteiger partial charge >= 0.3 is 0 Å². The second-order valence-electron chi connectivity index (χ2n) is 5.12. The van der Waals surface area contributed by atoms with Gasteiger partial charge in [-0.05, 0) is 29.8 Å². The maximum absolute atomic E-state index is 12.4. The van der Waals surface area contributed by atoms with Gasteiger partial charge in [-0.3, -0.25) is 4.79 Å². The fourth-order valence-corrected chi connectivity index (χ4v) is 2.31. The fraction of sp³-hybridized carbons (Fsp3) is 0.111. The molecule has 4 heteroatoms. The van der Waals surface area contributed by atoms with E-state index in [0.717, 1.165) is 10.9 Å². The van der Waals surface area contributed by atoms with Crippen molar-refractivity contribution in [2.45, 2.75) is 6.54 Å². The highest BCUT2D eigenvalue weighted by Crippen LogP contribution is 2.20. The first kappa shape index (κ1) is 13.9. The van der Waals surface area contributed by atoms with Gasteiger partial charge in [-0.15, -0.1) is 0 Å².